The van der Waals surface area contributed by atoms with Crippen LogP contribution in [0.2, 0.25) is 0 Å². The average molecular weight is 571 g/mol. The van der Waals surface area contributed by atoms with Gasteiger partial charge in [-0.1, -0.05) is 42.5 Å². The number of thiazole rings is 1. The van der Waals surface area contributed by atoms with Crippen molar-refractivity contribution in [2.24, 2.45) is 5.73 Å². The zero-order valence-electron chi connectivity index (χ0n) is 23.2. The first kappa shape index (κ1) is 28.4. The highest BCUT2D eigenvalue weighted by molar-refractivity contribution is 7.09. The third kappa shape index (κ3) is 6.28. The van der Waals surface area contributed by atoms with E-state index in [4.69, 9.17) is 21.3 Å². The molecule has 1 aromatic heterocycles. The topological polar surface area (TPSA) is 136 Å². The van der Waals surface area contributed by atoms with E-state index >= 15 is 0 Å². The molecular weight excluding hydrogens is 536 g/mol. The summed E-state index contributed by atoms with van der Waals surface area (Å²) in [6, 6.07) is 14.4. The lowest BCUT2D eigenvalue weighted by Gasteiger charge is -2.25. The standard InChI is InChI=1S/C31H34N6O3S/c1-20-19-41-28(35-20)25-10-6-15-37(25)29(39)23-16-22(17-24(18-23)36-14-7-11-26(36)38)27(32)40-30(33)31(2,34)13-12-21-8-4-3-5-9-21/h3-5,8-9,12-13,16-19,25,32-33H,6-7,10-11,14-15,34H2,1-2H3/b13-12+,32-27?,33-30?/t25-,31-/m1/s1. The molecule has 2 saturated heterocycles. The second-order valence-electron chi connectivity index (χ2n) is 10.7. The second kappa shape index (κ2) is 11.8. The van der Waals surface area contributed by atoms with Gasteiger partial charge in [-0.2, -0.15) is 0 Å². The van der Waals surface area contributed by atoms with E-state index in [9.17, 15) is 9.59 Å². The van der Waals surface area contributed by atoms with Crippen molar-refractivity contribution >= 4 is 46.7 Å². The van der Waals surface area contributed by atoms with Gasteiger partial charge in [0.2, 0.25) is 17.7 Å². The number of likely N-dealkylation sites (tertiary alicyclic amines) is 1. The monoisotopic (exact) mass is 570 g/mol. The molecule has 0 radical (unpaired) electrons. The van der Waals surface area contributed by atoms with Gasteiger partial charge >= 0.3 is 0 Å². The van der Waals surface area contributed by atoms with Gasteiger partial charge in [-0.25, -0.2) is 4.98 Å². The van der Waals surface area contributed by atoms with Crippen molar-refractivity contribution in [3.63, 3.8) is 0 Å². The third-order valence-corrected chi connectivity index (χ3v) is 8.43. The van der Waals surface area contributed by atoms with Crippen molar-refractivity contribution < 1.29 is 14.3 Å². The van der Waals surface area contributed by atoms with E-state index in [1.807, 2.05) is 47.5 Å². The van der Waals surface area contributed by atoms with Crippen molar-refractivity contribution in [1.29, 1.82) is 10.8 Å². The van der Waals surface area contributed by atoms with Gasteiger partial charge in [0.05, 0.1) is 6.04 Å². The lowest BCUT2D eigenvalue weighted by atomic mass is 10.0. The number of nitrogens with two attached hydrogens (primary N) is 1. The van der Waals surface area contributed by atoms with Crippen LogP contribution in [0.4, 0.5) is 5.69 Å². The number of benzene rings is 2. The van der Waals surface area contributed by atoms with E-state index < -0.39 is 5.54 Å². The van der Waals surface area contributed by atoms with Crippen LogP contribution in [-0.2, 0) is 9.53 Å². The molecule has 0 bridgehead atoms. The molecule has 2 amide bonds. The molecule has 2 aromatic carbocycles. The first-order valence-corrected chi connectivity index (χ1v) is 14.6. The number of nitrogens with zero attached hydrogens (tertiary/aromatic N) is 3. The summed E-state index contributed by atoms with van der Waals surface area (Å²) in [4.78, 5) is 34.6. The van der Waals surface area contributed by atoms with Gasteiger partial charge in [0.25, 0.3) is 5.91 Å². The number of aryl methyl sites for hydroxylation is 1. The number of nitrogens with one attached hydrogen (secondary N) is 2. The van der Waals surface area contributed by atoms with Crippen molar-refractivity contribution in [3.8, 4) is 0 Å². The maximum Gasteiger partial charge on any atom is 0.254 e. The summed E-state index contributed by atoms with van der Waals surface area (Å²) >= 11 is 1.55. The first-order chi connectivity index (χ1) is 19.6. The molecule has 9 nitrogen and oxygen atoms in total. The summed E-state index contributed by atoms with van der Waals surface area (Å²) in [6.07, 6.45) is 6.31. The lowest BCUT2D eigenvalue weighted by Crippen LogP contribution is -2.44. The number of aromatic nitrogens is 1. The molecule has 41 heavy (non-hydrogen) atoms. The Morgan fingerprint density at radius 1 is 1.15 bits per heavy atom. The van der Waals surface area contributed by atoms with E-state index in [0.29, 0.717) is 36.3 Å². The van der Waals surface area contributed by atoms with Gasteiger partial charge in [-0.15, -0.1) is 11.3 Å². The van der Waals surface area contributed by atoms with Gasteiger partial charge in [-0.3, -0.25) is 20.4 Å². The maximum atomic E-state index is 13.9. The van der Waals surface area contributed by atoms with E-state index in [-0.39, 0.29) is 29.7 Å². The number of anilines is 1. The summed E-state index contributed by atoms with van der Waals surface area (Å²) in [5, 5.41) is 20.1. The summed E-state index contributed by atoms with van der Waals surface area (Å²) in [5.74, 6) is -0.856. The molecule has 0 unspecified atom stereocenters. The number of hydrogen-bond acceptors (Lipinski definition) is 8. The van der Waals surface area contributed by atoms with E-state index in [1.165, 1.54) is 0 Å². The van der Waals surface area contributed by atoms with Gasteiger partial charge < -0.3 is 20.3 Å². The Bertz CT molecular complexity index is 1510. The fourth-order valence-electron chi connectivity index (χ4n) is 5.08. The van der Waals surface area contributed by atoms with E-state index in [1.54, 1.807) is 53.5 Å². The van der Waals surface area contributed by atoms with Gasteiger partial charge in [0.15, 0.2) is 0 Å². The van der Waals surface area contributed by atoms with Crippen LogP contribution in [0.15, 0.2) is 60.0 Å². The fraction of sp³-hybridized carbons (Fsp3) is 0.323. The molecule has 0 saturated carbocycles. The highest BCUT2D eigenvalue weighted by Gasteiger charge is 2.34. The number of hydrogen-bond donors (Lipinski definition) is 3. The Hall–Kier alpha value is -4.15. The summed E-state index contributed by atoms with van der Waals surface area (Å²) < 4.78 is 5.64. The summed E-state index contributed by atoms with van der Waals surface area (Å²) in [5.41, 5.74) is 8.12. The number of ether oxygens (including phenoxy) is 1. The SMILES string of the molecule is Cc1csc([C@H]2CCCN2C(=O)c2cc(C(=N)OC(=N)[C@](C)(N)/C=C/c3ccccc3)cc(N3CCCC3=O)c2)n1. The van der Waals surface area contributed by atoms with Gasteiger partial charge in [0, 0.05) is 47.4 Å². The number of carbonyl (C=O) groups is 2. The third-order valence-electron chi connectivity index (χ3n) is 7.36. The Morgan fingerprint density at radius 3 is 2.59 bits per heavy atom. The van der Waals surface area contributed by atoms with Crippen LogP contribution in [0.3, 0.4) is 0 Å². The fourth-order valence-corrected chi connectivity index (χ4v) is 6.02. The van der Waals surface area contributed by atoms with Crippen LogP contribution in [0, 0.1) is 17.7 Å². The Kier molecular flexibility index (Phi) is 8.14. The maximum absolute atomic E-state index is 13.9. The van der Waals surface area contributed by atoms with Crippen LogP contribution in [0.25, 0.3) is 6.08 Å². The molecule has 0 aliphatic carbocycles. The zero-order chi connectivity index (χ0) is 29.1. The molecule has 10 heteroatoms. The van der Waals surface area contributed by atoms with Crippen LogP contribution in [-0.4, -0.2) is 52.1 Å². The Labute approximate surface area is 243 Å². The lowest BCUT2D eigenvalue weighted by molar-refractivity contribution is -0.117. The zero-order valence-corrected chi connectivity index (χ0v) is 24.0. The van der Waals surface area contributed by atoms with Crippen LogP contribution in [0.5, 0.6) is 0 Å². The molecule has 2 aliphatic heterocycles. The summed E-state index contributed by atoms with van der Waals surface area (Å²) in [6.45, 7) is 4.71. The van der Waals surface area contributed by atoms with Crippen molar-refractivity contribution in [1.82, 2.24) is 9.88 Å². The number of carbonyl (C=O) groups excluding carboxylic acids is 2. The normalized spacial score (nSPS) is 18.6. The molecule has 2 atom stereocenters. The van der Waals surface area contributed by atoms with Gasteiger partial charge in [0.1, 0.15) is 10.5 Å². The Morgan fingerprint density at radius 2 is 1.90 bits per heavy atom. The predicted molar refractivity (Wildman–Crippen MR) is 162 cm³/mol. The molecule has 2 aliphatic rings. The average Bonchev–Trinajstić information content (AvgIpc) is 3.73. The largest absolute Gasteiger partial charge is 0.423 e. The van der Waals surface area contributed by atoms with Gasteiger partial charge in [-0.05, 0) is 56.9 Å². The smallest absolute Gasteiger partial charge is 0.254 e. The van der Waals surface area contributed by atoms with Crippen LogP contribution in [0.1, 0.15) is 70.8 Å². The number of rotatable bonds is 7. The Balaban J connectivity index is 1.41. The molecule has 2 fully saturated rings. The van der Waals surface area contributed by atoms with Crippen LogP contribution >= 0.6 is 11.3 Å². The minimum atomic E-state index is -1.28. The highest BCUT2D eigenvalue weighted by Crippen LogP contribution is 2.35. The molecule has 3 aromatic rings. The second-order valence-corrected chi connectivity index (χ2v) is 11.6. The van der Waals surface area contributed by atoms with Crippen molar-refractivity contribution in [2.45, 2.75) is 51.1 Å². The predicted octanol–water partition coefficient (Wildman–Crippen LogP) is 5.31. The molecule has 0 spiro atoms. The summed E-state index contributed by atoms with van der Waals surface area (Å²) in [7, 11) is 0. The minimum Gasteiger partial charge on any atom is -0.423 e. The highest BCUT2D eigenvalue weighted by atomic mass is 32.1. The van der Waals surface area contributed by atoms with Crippen molar-refractivity contribution in [3.05, 3.63) is 87.4 Å². The van der Waals surface area contributed by atoms with Crippen LogP contribution < -0.4 is 10.6 Å². The first-order valence-electron chi connectivity index (χ1n) is 13.7. The number of amides is 2. The molecule has 4 N–H and O–H groups in total. The molecule has 5 rings (SSSR count). The molecular formula is C31H34N6O3S. The van der Waals surface area contributed by atoms with Crippen molar-refractivity contribution in [2.75, 3.05) is 18.0 Å². The quantitative estimate of drug-likeness (QED) is 0.261. The van der Waals surface area contributed by atoms with E-state index in [2.05, 4.69) is 4.98 Å². The molecule has 212 valence electrons. The minimum absolute atomic E-state index is 0.0290. The van der Waals surface area contributed by atoms with E-state index in [0.717, 1.165) is 35.5 Å². The molecule has 3 heterocycles.